The van der Waals surface area contributed by atoms with Crippen LogP contribution in [0.3, 0.4) is 0 Å². The van der Waals surface area contributed by atoms with E-state index in [4.69, 9.17) is 4.52 Å². The van der Waals surface area contributed by atoms with Gasteiger partial charge >= 0.3 is 0 Å². The summed E-state index contributed by atoms with van der Waals surface area (Å²) in [4.78, 5) is 8.79. The van der Waals surface area contributed by atoms with E-state index < -0.39 is 5.60 Å². The molecule has 0 amide bonds. The number of aromatic nitrogens is 2. The molecule has 0 bridgehead atoms. The highest BCUT2D eigenvalue weighted by Crippen LogP contribution is 2.30. The van der Waals surface area contributed by atoms with Gasteiger partial charge in [0.1, 0.15) is 5.60 Å². The molecule has 0 aromatic carbocycles. The first-order valence-corrected chi connectivity index (χ1v) is 6.88. The van der Waals surface area contributed by atoms with Crippen molar-refractivity contribution >= 4 is 5.95 Å². The number of nitrogens with zero attached hydrogens (tertiary/aromatic N) is 4. The summed E-state index contributed by atoms with van der Waals surface area (Å²) >= 11 is 0. The fourth-order valence-corrected chi connectivity index (χ4v) is 2.59. The number of hydrogen-bond donors (Lipinski definition) is 2. The lowest BCUT2D eigenvalue weighted by Gasteiger charge is -2.31. The summed E-state index contributed by atoms with van der Waals surface area (Å²) in [5, 5.41) is 17.8. The van der Waals surface area contributed by atoms with Gasteiger partial charge in [0, 0.05) is 26.2 Å². The van der Waals surface area contributed by atoms with E-state index in [0.29, 0.717) is 24.7 Å². The van der Waals surface area contributed by atoms with Gasteiger partial charge in [0.15, 0.2) is 0 Å². The van der Waals surface area contributed by atoms with E-state index in [1.54, 1.807) is 0 Å². The molecule has 1 aromatic heterocycles. The second-order valence-corrected chi connectivity index (χ2v) is 5.47. The summed E-state index contributed by atoms with van der Waals surface area (Å²) in [6.07, 6.45) is 1.24. The van der Waals surface area contributed by atoms with Crippen molar-refractivity contribution in [1.29, 1.82) is 0 Å². The highest BCUT2D eigenvalue weighted by Gasteiger charge is 2.37. The standard InChI is InChI=1S/C12H21N5O2/c1-16-6-8-17(9-7-16)11-14-10(19-15-11)12(18)2-4-13-5-3-12/h13,18H,2-9H2,1H3. The van der Waals surface area contributed by atoms with E-state index in [1.165, 1.54) is 0 Å². The van der Waals surface area contributed by atoms with Crippen molar-refractivity contribution in [1.82, 2.24) is 20.4 Å². The van der Waals surface area contributed by atoms with Gasteiger partial charge in [-0.15, -0.1) is 0 Å². The van der Waals surface area contributed by atoms with Crippen LogP contribution < -0.4 is 10.2 Å². The molecule has 0 spiro atoms. The van der Waals surface area contributed by atoms with Crippen LogP contribution >= 0.6 is 0 Å². The molecule has 106 valence electrons. The Balaban J connectivity index is 1.72. The van der Waals surface area contributed by atoms with E-state index in [1.807, 2.05) is 0 Å². The van der Waals surface area contributed by atoms with Crippen molar-refractivity contribution in [2.24, 2.45) is 0 Å². The summed E-state index contributed by atoms with van der Waals surface area (Å²) in [6.45, 7) is 5.35. The van der Waals surface area contributed by atoms with Crippen LogP contribution in [0.25, 0.3) is 0 Å². The van der Waals surface area contributed by atoms with Crippen LogP contribution in [0.1, 0.15) is 18.7 Å². The maximum atomic E-state index is 10.5. The first-order chi connectivity index (χ1) is 9.17. The first kappa shape index (κ1) is 12.8. The van der Waals surface area contributed by atoms with Crippen LogP contribution in [-0.2, 0) is 5.60 Å². The molecule has 7 nitrogen and oxygen atoms in total. The Bertz CT molecular complexity index is 422. The Kier molecular flexibility index (Phi) is 3.42. The Labute approximate surface area is 112 Å². The van der Waals surface area contributed by atoms with Crippen molar-refractivity contribution in [2.75, 3.05) is 51.2 Å². The average molecular weight is 267 g/mol. The van der Waals surface area contributed by atoms with E-state index in [2.05, 4.69) is 32.3 Å². The number of likely N-dealkylation sites (N-methyl/N-ethyl adjacent to an activating group) is 1. The summed E-state index contributed by atoms with van der Waals surface area (Å²) in [7, 11) is 2.11. The summed E-state index contributed by atoms with van der Waals surface area (Å²) < 4.78 is 5.29. The van der Waals surface area contributed by atoms with Gasteiger partial charge in [-0.25, -0.2) is 0 Å². The van der Waals surface area contributed by atoms with E-state index in [9.17, 15) is 5.11 Å². The van der Waals surface area contributed by atoms with Gasteiger partial charge in [-0.3, -0.25) is 0 Å². The Hall–Kier alpha value is -1.18. The van der Waals surface area contributed by atoms with E-state index in [0.717, 1.165) is 39.3 Å². The third kappa shape index (κ3) is 2.58. The molecule has 2 aliphatic heterocycles. The zero-order valence-electron chi connectivity index (χ0n) is 11.3. The molecule has 2 N–H and O–H groups in total. The molecule has 0 saturated carbocycles. The molecule has 2 aliphatic rings. The zero-order valence-corrected chi connectivity index (χ0v) is 11.3. The molecular formula is C12H21N5O2. The normalized spacial score (nSPS) is 24.6. The Morgan fingerprint density at radius 2 is 1.89 bits per heavy atom. The van der Waals surface area contributed by atoms with Crippen molar-refractivity contribution < 1.29 is 9.63 Å². The minimum absolute atomic E-state index is 0.364. The molecule has 0 radical (unpaired) electrons. The number of piperidine rings is 1. The lowest BCUT2D eigenvalue weighted by Crippen LogP contribution is -2.45. The summed E-state index contributed by atoms with van der Waals surface area (Å²) in [5.41, 5.74) is -0.955. The largest absolute Gasteiger partial charge is 0.380 e. The second kappa shape index (κ2) is 5.07. The number of rotatable bonds is 2. The summed E-state index contributed by atoms with van der Waals surface area (Å²) in [5.74, 6) is 0.970. The number of anilines is 1. The van der Waals surface area contributed by atoms with Gasteiger partial charge in [-0.2, -0.15) is 4.98 Å². The van der Waals surface area contributed by atoms with E-state index in [-0.39, 0.29) is 0 Å². The molecule has 7 heteroatoms. The van der Waals surface area contributed by atoms with Crippen molar-refractivity contribution in [3.63, 3.8) is 0 Å². The lowest BCUT2D eigenvalue weighted by molar-refractivity contribution is -0.0228. The second-order valence-electron chi connectivity index (χ2n) is 5.47. The molecule has 3 rings (SSSR count). The predicted octanol–water partition coefficient (Wildman–Crippen LogP) is -0.608. The molecule has 19 heavy (non-hydrogen) atoms. The number of piperazine rings is 1. The molecule has 0 atom stereocenters. The predicted molar refractivity (Wildman–Crippen MR) is 70.0 cm³/mol. The van der Waals surface area contributed by atoms with Gasteiger partial charge in [0.05, 0.1) is 0 Å². The highest BCUT2D eigenvalue weighted by atomic mass is 16.5. The topological polar surface area (TPSA) is 77.7 Å². The fraction of sp³-hybridized carbons (Fsp3) is 0.833. The number of hydrogen-bond acceptors (Lipinski definition) is 7. The van der Waals surface area contributed by atoms with Crippen molar-refractivity contribution in [2.45, 2.75) is 18.4 Å². The first-order valence-electron chi connectivity index (χ1n) is 6.88. The van der Waals surface area contributed by atoms with Gasteiger partial charge in [-0.05, 0) is 38.1 Å². The zero-order chi connectivity index (χ0) is 13.3. The molecule has 2 saturated heterocycles. The van der Waals surface area contributed by atoms with Crippen LogP contribution in [0.2, 0.25) is 0 Å². The van der Waals surface area contributed by atoms with E-state index >= 15 is 0 Å². The molecular weight excluding hydrogens is 246 g/mol. The van der Waals surface area contributed by atoms with Crippen molar-refractivity contribution in [3.8, 4) is 0 Å². The van der Waals surface area contributed by atoms with Crippen molar-refractivity contribution in [3.05, 3.63) is 5.89 Å². The monoisotopic (exact) mass is 267 g/mol. The van der Waals surface area contributed by atoms with Crippen LogP contribution in [-0.4, -0.2) is 66.5 Å². The molecule has 0 unspecified atom stereocenters. The van der Waals surface area contributed by atoms with Gasteiger partial charge in [0.25, 0.3) is 11.8 Å². The van der Waals surface area contributed by atoms with Gasteiger partial charge < -0.3 is 24.7 Å². The maximum absolute atomic E-state index is 10.5. The number of nitrogens with one attached hydrogen (secondary N) is 1. The Morgan fingerprint density at radius 3 is 2.58 bits per heavy atom. The SMILES string of the molecule is CN1CCN(c2noc(C3(O)CCNCC3)n2)CC1. The Morgan fingerprint density at radius 1 is 1.21 bits per heavy atom. The maximum Gasteiger partial charge on any atom is 0.266 e. The highest BCUT2D eigenvalue weighted by molar-refractivity contribution is 5.29. The smallest absolute Gasteiger partial charge is 0.266 e. The molecule has 2 fully saturated rings. The third-order valence-corrected chi connectivity index (χ3v) is 4.03. The quantitative estimate of drug-likeness (QED) is 0.740. The lowest BCUT2D eigenvalue weighted by atomic mass is 9.92. The minimum Gasteiger partial charge on any atom is -0.380 e. The van der Waals surface area contributed by atoms with Crippen LogP contribution in [0, 0.1) is 0 Å². The van der Waals surface area contributed by atoms with Crippen LogP contribution in [0.15, 0.2) is 4.52 Å². The van der Waals surface area contributed by atoms with Crippen LogP contribution in [0.4, 0.5) is 5.95 Å². The number of aliphatic hydroxyl groups is 1. The molecule has 3 heterocycles. The van der Waals surface area contributed by atoms with Gasteiger partial charge in [-0.1, -0.05) is 0 Å². The average Bonchev–Trinajstić information content (AvgIpc) is 2.91. The molecule has 0 aliphatic carbocycles. The third-order valence-electron chi connectivity index (χ3n) is 4.03. The molecule has 1 aromatic rings. The fourth-order valence-electron chi connectivity index (χ4n) is 2.59. The van der Waals surface area contributed by atoms with Gasteiger partial charge in [0.2, 0.25) is 0 Å². The van der Waals surface area contributed by atoms with Crippen LogP contribution in [0.5, 0.6) is 0 Å². The minimum atomic E-state index is -0.955. The summed E-state index contributed by atoms with van der Waals surface area (Å²) in [6, 6.07) is 0.